The predicted molar refractivity (Wildman–Crippen MR) is 56.7 cm³/mol. The van der Waals surface area contributed by atoms with Crippen molar-refractivity contribution in [3.05, 3.63) is 0 Å². The lowest BCUT2D eigenvalue weighted by molar-refractivity contribution is 0.281. The van der Waals surface area contributed by atoms with Gasteiger partial charge in [-0.05, 0) is 24.2 Å². The van der Waals surface area contributed by atoms with E-state index in [1.54, 1.807) is 0 Å². The van der Waals surface area contributed by atoms with Gasteiger partial charge in [-0.2, -0.15) is 0 Å². The van der Waals surface area contributed by atoms with E-state index in [2.05, 4.69) is 50.3 Å². The molecule has 0 spiro atoms. The zero-order chi connectivity index (χ0) is 8.20. The summed E-state index contributed by atoms with van der Waals surface area (Å²) in [5.74, 6) is 0.845. The summed E-state index contributed by atoms with van der Waals surface area (Å²) in [6.07, 6.45) is 2.71. The molecule has 0 aliphatic rings. The highest BCUT2D eigenvalue weighted by Crippen LogP contribution is 2.29. The fourth-order valence-electron chi connectivity index (χ4n) is 1.46. The standard InChI is InChI=1S/C9H19I/c1-8(2)7-9(3,4)5-6-10/h8H,5-7H2,1-4H3. The van der Waals surface area contributed by atoms with Crippen LogP contribution in [0.15, 0.2) is 0 Å². The zero-order valence-corrected chi connectivity index (χ0v) is 9.73. The molecular weight excluding hydrogens is 235 g/mol. The monoisotopic (exact) mass is 254 g/mol. The van der Waals surface area contributed by atoms with E-state index in [-0.39, 0.29) is 0 Å². The second kappa shape index (κ2) is 4.58. The van der Waals surface area contributed by atoms with Crippen LogP contribution in [0.3, 0.4) is 0 Å². The van der Waals surface area contributed by atoms with Gasteiger partial charge in [0.2, 0.25) is 0 Å². The molecule has 0 aliphatic carbocycles. The molecule has 0 bridgehead atoms. The highest BCUT2D eigenvalue weighted by atomic mass is 127. The molecule has 0 radical (unpaired) electrons. The first-order valence-corrected chi connectivity index (χ1v) is 5.56. The summed E-state index contributed by atoms with van der Waals surface area (Å²) in [4.78, 5) is 0. The SMILES string of the molecule is CC(C)CC(C)(C)CCI. The maximum Gasteiger partial charge on any atom is 0.0000354 e. The van der Waals surface area contributed by atoms with Gasteiger partial charge in [0.05, 0.1) is 0 Å². The van der Waals surface area contributed by atoms with Crippen LogP contribution in [0.4, 0.5) is 0 Å². The van der Waals surface area contributed by atoms with Gasteiger partial charge in [0.15, 0.2) is 0 Å². The summed E-state index contributed by atoms with van der Waals surface area (Å²) in [7, 11) is 0. The summed E-state index contributed by atoms with van der Waals surface area (Å²) in [5.41, 5.74) is 0.565. The first-order valence-electron chi connectivity index (χ1n) is 4.04. The van der Waals surface area contributed by atoms with Gasteiger partial charge >= 0.3 is 0 Å². The first-order chi connectivity index (χ1) is 4.48. The Kier molecular flexibility index (Phi) is 4.91. The average molecular weight is 254 g/mol. The molecule has 0 saturated heterocycles. The van der Waals surface area contributed by atoms with Gasteiger partial charge in [-0.15, -0.1) is 0 Å². The highest BCUT2D eigenvalue weighted by Gasteiger charge is 2.17. The van der Waals surface area contributed by atoms with Crippen molar-refractivity contribution >= 4 is 22.6 Å². The van der Waals surface area contributed by atoms with Crippen LogP contribution in [0.1, 0.15) is 40.5 Å². The van der Waals surface area contributed by atoms with E-state index in [0.29, 0.717) is 5.41 Å². The van der Waals surface area contributed by atoms with E-state index in [1.165, 1.54) is 17.3 Å². The van der Waals surface area contributed by atoms with Crippen LogP contribution in [0.5, 0.6) is 0 Å². The first kappa shape index (κ1) is 10.7. The highest BCUT2D eigenvalue weighted by molar-refractivity contribution is 14.1. The fourth-order valence-corrected chi connectivity index (χ4v) is 2.92. The van der Waals surface area contributed by atoms with Crippen molar-refractivity contribution in [3.63, 3.8) is 0 Å². The Bertz CT molecular complexity index is 84.7. The Morgan fingerprint density at radius 3 is 2.10 bits per heavy atom. The van der Waals surface area contributed by atoms with Crippen LogP contribution in [-0.4, -0.2) is 4.43 Å². The van der Waals surface area contributed by atoms with Crippen LogP contribution in [0, 0.1) is 11.3 Å². The van der Waals surface area contributed by atoms with Crippen molar-refractivity contribution in [2.75, 3.05) is 4.43 Å². The second-order valence-electron chi connectivity index (χ2n) is 4.20. The number of rotatable bonds is 4. The molecule has 0 unspecified atom stereocenters. The third-order valence-corrected chi connectivity index (χ3v) is 2.27. The van der Waals surface area contributed by atoms with Crippen molar-refractivity contribution in [3.8, 4) is 0 Å². The Balaban J connectivity index is 3.63. The molecule has 0 atom stereocenters. The minimum atomic E-state index is 0.565. The van der Waals surface area contributed by atoms with E-state index in [4.69, 9.17) is 0 Å². The fraction of sp³-hybridized carbons (Fsp3) is 1.00. The summed E-state index contributed by atoms with van der Waals surface area (Å²) < 4.78 is 1.29. The summed E-state index contributed by atoms with van der Waals surface area (Å²) in [6.45, 7) is 9.33. The molecule has 0 amide bonds. The van der Waals surface area contributed by atoms with E-state index in [1.807, 2.05) is 0 Å². The molecule has 0 aromatic rings. The molecule has 1 heteroatoms. The molecule has 0 N–H and O–H groups in total. The van der Waals surface area contributed by atoms with Crippen LogP contribution in [-0.2, 0) is 0 Å². The number of alkyl halides is 1. The van der Waals surface area contributed by atoms with E-state index < -0.39 is 0 Å². The molecule has 62 valence electrons. The van der Waals surface area contributed by atoms with Crippen molar-refractivity contribution < 1.29 is 0 Å². The molecule has 10 heavy (non-hydrogen) atoms. The molecular formula is C9H19I. The van der Waals surface area contributed by atoms with E-state index in [9.17, 15) is 0 Å². The number of halogens is 1. The van der Waals surface area contributed by atoms with E-state index >= 15 is 0 Å². The van der Waals surface area contributed by atoms with Gasteiger partial charge in [-0.25, -0.2) is 0 Å². The lowest BCUT2D eigenvalue weighted by Crippen LogP contribution is -2.14. The normalized spacial score (nSPS) is 12.6. The number of hydrogen-bond acceptors (Lipinski definition) is 0. The maximum atomic E-state index is 2.46. The van der Waals surface area contributed by atoms with Crippen molar-refractivity contribution in [2.24, 2.45) is 11.3 Å². The smallest absolute Gasteiger partial charge is 0.0000354 e. The third-order valence-electron chi connectivity index (χ3n) is 1.73. The topological polar surface area (TPSA) is 0 Å². The van der Waals surface area contributed by atoms with Gasteiger partial charge in [0, 0.05) is 4.43 Å². The van der Waals surface area contributed by atoms with Crippen molar-refractivity contribution in [1.29, 1.82) is 0 Å². The van der Waals surface area contributed by atoms with Gasteiger partial charge in [0.25, 0.3) is 0 Å². The minimum Gasteiger partial charge on any atom is -0.0864 e. The van der Waals surface area contributed by atoms with Crippen LogP contribution < -0.4 is 0 Å². The molecule has 0 fully saturated rings. The van der Waals surface area contributed by atoms with Gasteiger partial charge in [-0.3, -0.25) is 0 Å². The molecule has 0 aliphatic heterocycles. The summed E-state index contributed by atoms with van der Waals surface area (Å²) in [5, 5.41) is 0. The summed E-state index contributed by atoms with van der Waals surface area (Å²) in [6, 6.07) is 0. The molecule has 0 saturated carbocycles. The largest absolute Gasteiger partial charge is 0.0864 e. The molecule has 0 aromatic carbocycles. The van der Waals surface area contributed by atoms with Crippen LogP contribution in [0.25, 0.3) is 0 Å². The van der Waals surface area contributed by atoms with Crippen molar-refractivity contribution in [1.82, 2.24) is 0 Å². The average Bonchev–Trinajstić information content (AvgIpc) is 1.59. The minimum absolute atomic E-state index is 0.565. The van der Waals surface area contributed by atoms with Crippen LogP contribution in [0.2, 0.25) is 0 Å². The van der Waals surface area contributed by atoms with Gasteiger partial charge in [0.1, 0.15) is 0 Å². The quantitative estimate of drug-likeness (QED) is 0.527. The Morgan fingerprint density at radius 2 is 1.80 bits per heavy atom. The van der Waals surface area contributed by atoms with Gasteiger partial charge in [-0.1, -0.05) is 50.3 Å². The lowest BCUT2D eigenvalue weighted by atomic mass is 9.82. The van der Waals surface area contributed by atoms with Crippen LogP contribution >= 0.6 is 22.6 Å². The molecule has 0 heterocycles. The molecule has 0 nitrogen and oxygen atoms in total. The lowest BCUT2D eigenvalue weighted by Gasteiger charge is -2.25. The predicted octanol–water partition coefficient (Wildman–Crippen LogP) is 3.88. The Hall–Kier alpha value is 0.730. The third kappa shape index (κ3) is 5.51. The summed E-state index contributed by atoms with van der Waals surface area (Å²) >= 11 is 2.46. The molecule has 0 aromatic heterocycles. The maximum absolute atomic E-state index is 2.46. The van der Waals surface area contributed by atoms with Gasteiger partial charge < -0.3 is 0 Å². The Morgan fingerprint density at radius 1 is 1.30 bits per heavy atom. The second-order valence-corrected chi connectivity index (χ2v) is 5.28. The van der Waals surface area contributed by atoms with Crippen molar-refractivity contribution in [2.45, 2.75) is 40.5 Å². The Labute approximate surface area is 78.9 Å². The van der Waals surface area contributed by atoms with E-state index in [0.717, 1.165) is 5.92 Å². The zero-order valence-electron chi connectivity index (χ0n) is 7.58. The molecule has 0 rings (SSSR count). The number of hydrogen-bond donors (Lipinski definition) is 0.